The maximum atomic E-state index is 12.4. The molecule has 20 heavy (non-hydrogen) atoms. The summed E-state index contributed by atoms with van der Waals surface area (Å²) in [5, 5.41) is 0. The number of rotatable bonds is 6. The maximum Gasteiger partial charge on any atom is 0.219 e. The standard InChI is InChI=1S/C17H16O3/c1-2-15(18)17(20-14-11-7-4-8-12-14)16(19)13-9-5-3-6-10-13/h3-12,17H,2H2,1H3. The van der Waals surface area contributed by atoms with Crippen LogP contribution in [-0.2, 0) is 4.79 Å². The molecule has 2 rings (SSSR count). The fourth-order valence-corrected chi connectivity index (χ4v) is 1.84. The van der Waals surface area contributed by atoms with Crippen molar-refractivity contribution in [3.63, 3.8) is 0 Å². The summed E-state index contributed by atoms with van der Waals surface area (Å²) in [5.74, 6) is -0.00686. The molecular weight excluding hydrogens is 252 g/mol. The minimum atomic E-state index is -1.08. The quantitative estimate of drug-likeness (QED) is 0.596. The summed E-state index contributed by atoms with van der Waals surface area (Å²) in [6.07, 6.45) is -0.819. The number of carbonyl (C=O) groups excluding carboxylic acids is 2. The van der Waals surface area contributed by atoms with Crippen LogP contribution in [0.15, 0.2) is 60.7 Å². The smallest absolute Gasteiger partial charge is 0.219 e. The first-order valence-electron chi connectivity index (χ1n) is 6.56. The first kappa shape index (κ1) is 14.0. The number of Topliss-reactive ketones (excluding diaryl/α,β-unsaturated/α-hetero) is 2. The number of carbonyl (C=O) groups is 2. The van der Waals surface area contributed by atoms with E-state index in [1.807, 2.05) is 12.1 Å². The molecule has 0 heterocycles. The maximum absolute atomic E-state index is 12.4. The van der Waals surface area contributed by atoms with Gasteiger partial charge in [0.05, 0.1) is 0 Å². The zero-order valence-corrected chi connectivity index (χ0v) is 11.3. The van der Waals surface area contributed by atoms with E-state index >= 15 is 0 Å². The van der Waals surface area contributed by atoms with Gasteiger partial charge in [-0.15, -0.1) is 0 Å². The van der Waals surface area contributed by atoms with Gasteiger partial charge in [-0.05, 0) is 12.1 Å². The molecule has 0 aliphatic heterocycles. The number of ketones is 2. The van der Waals surface area contributed by atoms with E-state index in [1.54, 1.807) is 55.5 Å². The molecule has 1 unspecified atom stereocenters. The van der Waals surface area contributed by atoms with Crippen LogP contribution in [0.3, 0.4) is 0 Å². The largest absolute Gasteiger partial charge is 0.474 e. The van der Waals surface area contributed by atoms with Crippen LogP contribution in [0.2, 0.25) is 0 Å². The van der Waals surface area contributed by atoms with Crippen molar-refractivity contribution in [3.8, 4) is 5.75 Å². The Morgan fingerprint density at radius 2 is 1.50 bits per heavy atom. The highest BCUT2D eigenvalue weighted by Gasteiger charge is 2.28. The van der Waals surface area contributed by atoms with Crippen LogP contribution < -0.4 is 4.74 Å². The topological polar surface area (TPSA) is 43.4 Å². The van der Waals surface area contributed by atoms with E-state index in [-0.39, 0.29) is 18.0 Å². The molecule has 0 spiro atoms. The average Bonchev–Trinajstić information content (AvgIpc) is 2.53. The minimum Gasteiger partial charge on any atom is -0.474 e. The molecule has 2 aromatic carbocycles. The lowest BCUT2D eigenvalue weighted by Crippen LogP contribution is -2.35. The fourth-order valence-electron chi connectivity index (χ4n) is 1.84. The highest BCUT2D eigenvalue weighted by molar-refractivity contribution is 6.13. The molecule has 0 radical (unpaired) electrons. The SMILES string of the molecule is CCC(=O)C(Oc1ccccc1)C(=O)c1ccccc1. The normalized spacial score (nSPS) is 11.7. The van der Waals surface area contributed by atoms with E-state index in [4.69, 9.17) is 4.74 Å². The zero-order chi connectivity index (χ0) is 14.4. The summed E-state index contributed by atoms with van der Waals surface area (Å²) < 4.78 is 5.58. The van der Waals surface area contributed by atoms with Gasteiger partial charge in [-0.3, -0.25) is 9.59 Å². The molecule has 1 atom stereocenters. The number of hydrogen-bond donors (Lipinski definition) is 0. The lowest BCUT2D eigenvalue weighted by atomic mass is 10.0. The molecule has 0 fully saturated rings. The average molecular weight is 268 g/mol. The second-order valence-corrected chi connectivity index (χ2v) is 4.36. The van der Waals surface area contributed by atoms with Gasteiger partial charge in [0, 0.05) is 12.0 Å². The second-order valence-electron chi connectivity index (χ2n) is 4.36. The molecule has 3 nitrogen and oxygen atoms in total. The third-order valence-electron chi connectivity index (χ3n) is 2.93. The summed E-state index contributed by atoms with van der Waals surface area (Å²) in [7, 11) is 0. The highest BCUT2D eigenvalue weighted by atomic mass is 16.5. The predicted molar refractivity (Wildman–Crippen MR) is 76.9 cm³/mol. The van der Waals surface area contributed by atoms with Crippen molar-refractivity contribution in [2.45, 2.75) is 19.4 Å². The van der Waals surface area contributed by atoms with Crippen molar-refractivity contribution in [1.29, 1.82) is 0 Å². The van der Waals surface area contributed by atoms with E-state index in [1.165, 1.54) is 0 Å². The van der Waals surface area contributed by atoms with Gasteiger partial charge in [-0.2, -0.15) is 0 Å². The van der Waals surface area contributed by atoms with Crippen LogP contribution in [0.4, 0.5) is 0 Å². The van der Waals surface area contributed by atoms with Crippen molar-refractivity contribution in [3.05, 3.63) is 66.2 Å². The molecule has 0 N–H and O–H groups in total. The Labute approximate surface area is 118 Å². The van der Waals surface area contributed by atoms with Crippen LogP contribution >= 0.6 is 0 Å². The molecule has 0 amide bonds. The van der Waals surface area contributed by atoms with Crippen LogP contribution in [0.25, 0.3) is 0 Å². The molecule has 0 saturated heterocycles. The van der Waals surface area contributed by atoms with E-state index in [0.29, 0.717) is 11.3 Å². The molecule has 3 heteroatoms. The third kappa shape index (κ3) is 3.32. The number of ether oxygens (including phenoxy) is 1. The Morgan fingerprint density at radius 3 is 2.05 bits per heavy atom. The predicted octanol–water partition coefficient (Wildman–Crippen LogP) is 3.30. The Morgan fingerprint density at radius 1 is 0.950 bits per heavy atom. The first-order valence-corrected chi connectivity index (χ1v) is 6.56. The van der Waals surface area contributed by atoms with Crippen molar-refractivity contribution in [1.82, 2.24) is 0 Å². The van der Waals surface area contributed by atoms with Crippen LogP contribution in [-0.4, -0.2) is 17.7 Å². The molecule has 0 aliphatic rings. The van der Waals surface area contributed by atoms with E-state index < -0.39 is 6.10 Å². The van der Waals surface area contributed by atoms with Gasteiger partial charge in [0.25, 0.3) is 0 Å². The van der Waals surface area contributed by atoms with Crippen molar-refractivity contribution < 1.29 is 14.3 Å². The summed E-state index contributed by atoms with van der Waals surface area (Å²) >= 11 is 0. The van der Waals surface area contributed by atoms with Gasteiger partial charge in [0.2, 0.25) is 11.9 Å². The Hall–Kier alpha value is -2.42. The lowest BCUT2D eigenvalue weighted by Gasteiger charge is -2.16. The summed E-state index contributed by atoms with van der Waals surface area (Å²) in [5.41, 5.74) is 0.482. The zero-order valence-electron chi connectivity index (χ0n) is 11.3. The number of para-hydroxylation sites is 1. The van der Waals surface area contributed by atoms with Crippen molar-refractivity contribution in [2.75, 3.05) is 0 Å². The molecule has 102 valence electrons. The van der Waals surface area contributed by atoms with Crippen molar-refractivity contribution >= 4 is 11.6 Å². The van der Waals surface area contributed by atoms with Gasteiger partial charge in [0.1, 0.15) is 5.75 Å². The van der Waals surface area contributed by atoms with Gasteiger partial charge >= 0.3 is 0 Å². The van der Waals surface area contributed by atoms with Gasteiger partial charge in [0.15, 0.2) is 5.78 Å². The van der Waals surface area contributed by atoms with Gasteiger partial charge < -0.3 is 4.74 Å². The minimum absolute atomic E-state index is 0.220. The number of hydrogen-bond acceptors (Lipinski definition) is 3. The van der Waals surface area contributed by atoms with Gasteiger partial charge in [-0.25, -0.2) is 0 Å². The molecule has 0 aromatic heterocycles. The van der Waals surface area contributed by atoms with Crippen molar-refractivity contribution in [2.24, 2.45) is 0 Å². The third-order valence-corrected chi connectivity index (χ3v) is 2.93. The summed E-state index contributed by atoms with van der Waals surface area (Å²) in [6.45, 7) is 1.72. The Bertz CT molecular complexity index is 576. The number of benzene rings is 2. The van der Waals surface area contributed by atoms with Gasteiger partial charge in [-0.1, -0.05) is 55.5 Å². The van der Waals surface area contributed by atoms with Crippen LogP contribution in [0.5, 0.6) is 5.75 Å². The summed E-state index contributed by atoms with van der Waals surface area (Å²) in [4.78, 5) is 24.4. The van der Waals surface area contributed by atoms with E-state index in [0.717, 1.165) is 0 Å². The molecular formula is C17H16O3. The fraction of sp³-hybridized carbons (Fsp3) is 0.176. The summed E-state index contributed by atoms with van der Waals surface area (Å²) in [6, 6.07) is 17.6. The monoisotopic (exact) mass is 268 g/mol. The van der Waals surface area contributed by atoms with E-state index in [9.17, 15) is 9.59 Å². The molecule has 2 aromatic rings. The molecule has 0 bridgehead atoms. The van der Waals surface area contributed by atoms with E-state index in [2.05, 4.69) is 0 Å². The van der Waals surface area contributed by atoms with Crippen LogP contribution in [0.1, 0.15) is 23.7 Å². The Kier molecular flexibility index (Phi) is 4.66. The molecule has 0 aliphatic carbocycles. The first-order chi connectivity index (χ1) is 9.72. The highest BCUT2D eigenvalue weighted by Crippen LogP contribution is 2.15. The second kappa shape index (κ2) is 6.66. The Balaban J connectivity index is 2.24. The lowest BCUT2D eigenvalue weighted by molar-refractivity contribution is -0.123. The van der Waals surface area contributed by atoms with Crippen LogP contribution in [0, 0.1) is 0 Å². The molecule has 0 saturated carbocycles.